The molecule has 4 heteroatoms. The van der Waals surface area contributed by atoms with E-state index in [1.807, 2.05) is 4.90 Å². The van der Waals surface area contributed by atoms with E-state index < -0.39 is 0 Å². The molecule has 0 radical (unpaired) electrons. The molecular formula is C15H31N3O. The minimum absolute atomic E-state index is 0.0147. The van der Waals surface area contributed by atoms with Gasteiger partial charge < -0.3 is 10.6 Å². The van der Waals surface area contributed by atoms with E-state index in [-0.39, 0.29) is 12.1 Å². The molecule has 0 spiro atoms. The number of carbonyl (C=O) groups is 1. The summed E-state index contributed by atoms with van der Waals surface area (Å²) >= 11 is 0. The van der Waals surface area contributed by atoms with Gasteiger partial charge in [-0.1, -0.05) is 27.2 Å². The smallest absolute Gasteiger partial charge is 0.240 e. The first-order chi connectivity index (χ1) is 8.97. The molecule has 19 heavy (non-hydrogen) atoms. The summed E-state index contributed by atoms with van der Waals surface area (Å²) in [6.07, 6.45) is 4.20. The van der Waals surface area contributed by atoms with Gasteiger partial charge >= 0.3 is 0 Å². The fourth-order valence-electron chi connectivity index (χ4n) is 2.84. The fourth-order valence-corrected chi connectivity index (χ4v) is 2.84. The zero-order valence-corrected chi connectivity index (χ0v) is 13.1. The van der Waals surface area contributed by atoms with Gasteiger partial charge in [0.25, 0.3) is 0 Å². The van der Waals surface area contributed by atoms with E-state index >= 15 is 0 Å². The monoisotopic (exact) mass is 269 g/mol. The van der Waals surface area contributed by atoms with Gasteiger partial charge in [-0.15, -0.1) is 0 Å². The van der Waals surface area contributed by atoms with Crippen molar-refractivity contribution in [1.82, 2.24) is 9.80 Å². The van der Waals surface area contributed by atoms with Gasteiger partial charge in [0, 0.05) is 19.1 Å². The summed E-state index contributed by atoms with van der Waals surface area (Å²) in [4.78, 5) is 16.9. The Labute approximate surface area is 118 Å². The van der Waals surface area contributed by atoms with E-state index in [1.165, 1.54) is 6.42 Å². The number of carbonyl (C=O) groups excluding carboxylic acids is 1. The molecule has 1 atom stereocenters. The van der Waals surface area contributed by atoms with E-state index in [1.54, 1.807) is 0 Å². The molecule has 2 N–H and O–H groups in total. The number of likely N-dealkylation sites (N-methyl/N-ethyl adjacent to an activating group) is 1. The van der Waals surface area contributed by atoms with Crippen LogP contribution in [0.4, 0.5) is 0 Å². The van der Waals surface area contributed by atoms with Crippen LogP contribution in [0.5, 0.6) is 0 Å². The lowest BCUT2D eigenvalue weighted by Crippen LogP contribution is -2.53. The zero-order valence-electron chi connectivity index (χ0n) is 13.1. The molecule has 112 valence electrons. The maximum Gasteiger partial charge on any atom is 0.240 e. The van der Waals surface area contributed by atoms with Gasteiger partial charge in [0.2, 0.25) is 5.91 Å². The summed E-state index contributed by atoms with van der Waals surface area (Å²) < 4.78 is 0. The first-order valence-electron chi connectivity index (χ1n) is 7.72. The molecule has 1 amide bonds. The van der Waals surface area contributed by atoms with Crippen molar-refractivity contribution in [2.45, 2.75) is 58.5 Å². The number of unbranched alkanes of at least 4 members (excludes halogenated alkanes) is 1. The van der Waals surface area contributed by atoms with Crippen LogP contribution in [0.1, 0.15) is 46.5 Å². The molecule has 0 bridgehead atoms. The van der Waals surface area contributed by atoms with Crippen molar-refractivity contribution < 1.29 is 4.79 Å². The van der Waals surface area contributed by atoms with Crippen LogP contribution in [0.25, 0.3) is 0 Å². The number of amides is 1. The van der Waals surface area contributed by atoms with Crippen molar-refractivity contribution in [1.29, 1.82) is 0 Å². The molecule has 0 aromatic carbocycles. The van der Waals surface area contributed by atoms with Crippen LogP contribution < -0.4 is 5.73 Å². The minimum Gasteiger partial charge on any atom is -0.341 e. The molecule has 0 aliphatic carbocycles. The van der Waals surface area contributed by atoms with Crippen molar-refractivity contribution in [2.24, 2.45) is 11.7 Å². The Balaban J connectivity index is 2.62. The highest BCUT2D eigenvalue weighted by atomic mass is 16.2. The summed E-state index contributed by atoms with van der Waals surface area (Å²) in [5.74, 6) is 0.644. The molecule has 1 saturated heterocycles. The molecule has 4 nitrogen and oxygen atoms in total. The number of nitrogens with zero attached hydrogens (tertiary/aromatic N) is 2. The summed E-state index contributed by atoms with van der Waals surface area (Å²) in [5.41, 5.74) is 5.91. The van der Waals surface area contributed by atoms with E-state index in [0.717, 1.165) is 38.9 Å². The van der Waals surface area contributed by atoms with Crippen molar-refractivity contribution in [3.8, 4) is 0 Å². The fraction of sp³-hybridized carbons (Fsp3) is 0.933. The van der Waals surface area contributed by atoms with E-state index in [0.29, 0.717) is 11.8 Å². The van der Waals surface area contributed by atoms with Crippen molar-refractivity contribution in [2.75, 3.05) is 26.7 Å². The van der Waals surface area contributed by atoms with Gasteiger partial charge in [-0.25, -0.2) is 0 Å². The lowest BCUT2D eigenvalue weighted by atomic mass is 9.98. The third-order valence-electron chi connectivity index (χ3n) is 4.08. The highest BCUT2D eigenvalue weighted by Crippen LogP contribution is 2.17. The average Bonchev–Trinajstić information content (AvgIpc) is 2.36. The third-order valence-corrected chi connectivity index (χ3v) is 4.08. The Morgan fingerprint density at radius 1 is 1.37 bits per heavy atom. The van der Waals surface area contributed by atoms with Gasteiger partial charge in [-0.3, -0.25) is 9.69 Å². The van der Waals surface area contributed by atoms with Gasteiger partial charge in [-0.05, 0) is 38.8 Å². The molecule has 1 aliphatic rings. The number of piperidine rings is 1. The first-order valence-corrected chi connectivity index (χ1v) is 7.72. The largest absolute Gasteiger partial charge is 0.341 e. The second-order valence-electron chi connectivity index (χ2n) is 6.19. The number of hydrogen-bond acceptors (Lipinski definition) is 3. The highest BCUT2D eigenvalue weighted by Gasteiger charge is 2.31. The van der Waals surface area contributed by atoms with Gasteiger partial charge in [0.05, 0.1) is 6.04 Å². The summed E-state index contributed by atoms with van der Waals surface area (Å²) in [5, 5.41) is 0. The Morgan fingerprint density at radius 2 is 1.95 bits per heavy atom. The second kappa shape index (κ2) is 7.85. The Hall–Kier alpha value is -0.610. The topological polar surface area (TPSA) is 49.6 Å². The lowest BCUT2D eigenvalue weighted by Gasteiger charge is -2.37. The maximum absolute atomic E-state index is 12.7. The zero-order chi connectivity index (χ0) is 14.4. The lowest BCUT2D eigenvalue weighted by molar-refractivity contribution is -0.139. The van der Waals surface area contributed by atoms with Crippen LogP contribution in [0.3, 0.4) is 0 Å². The van der Waals surface area contributed by atoms with Crippen LogP contribution in [0, 0.1) is 5.92 Å². The summed E-state index contributed by atoms with van der Waals surface area (Å²) in [7, 11) is 2.08. The third kappa shape index (κ3) is 4.77. The molecule has 1 rings (SSSR count). The molecule has 0 saturated carbocycles. The standard InChI is InChI=1S/C15H31N3O/c1-5-6-9-17(4)14(12(2)3)15(19)18-10-7-13(16)8-11-18/h12-14H,5-11,16H2,1-4H3. The summed E-state index contributed by atoms with van der Waals surface area (Å²) in [6, 6.07) is 0.292. The number of likely N-dealkylation sites (tertiary alicyclic amines) is 1. The quantitative estimate of drug-likeness (QED) is 0.798. The minimum atomic E-state index is 0.0147. The number of hydrogen-bond donors (Lipinski definition) is 1. The molecule has 1 fully saturated rings. The molecule has 0 aromatic rings. The Kier molecular flexibility index (Phi) is 6.80. The van der Waals surface area contributed by atoms with Gasteiger partial charge in [-0.2, -0.15) is 0 Å². The first kappa shape index (κ1) is 16.4. The Morgan fingerprint density at radius 3 is 2.42 bits per heavy atom. The van der Waals surface area contributed by atoms with Crippen molar-refractivity contribution in [3.63, 3.8) is 0 Å². The van der Waals surface area contributed by atoms with E-state index in [9.17, 15) is 4.79 Å². The van der Waals surface area contributed by atoms with Crippen molar-refractivity contribution >= 4 is 5.91 Å². The van der Waals surface area contributed by atoms with E-state index in [2.05, 4.69) is 32.7 Å². The average molecular weight is 269 g/mol. The van der Waals surface area contributed by atoms with Gasteiger partial charge in [0.1, 0.15) is 0 Å². The van der Waals surface area contributed by atoms with Crippen molar-refractivity contribution in [3.05, 3.63) is 0 Å². The molecule has 1 aliphatic heterocycles. The van der Waals surface area contributed by atoms with E-state index in [4.69, 9.17) is 5.73 Å². The van der Waals surface area contributed by atoms with Crippen LogP contribution in [-0.4, -0.2) is 54.5 Å². The highest BCUT2D eigenvalue weighted by molar-refractivity contribution is 5.82. The summed E-state index contributed by atoms with van der Waals surface area (Å²) in [6.45, 7) is 9.11. The maximum atomic E-state index is 12.7. The normalized spacial score (nSPS) is 19.2. The number of nitrogens with two attached hydrogens (primary N) is 1. The van der Waals surface area contributed by atoms with Crippen LogP contribution >= 0.6 is 0 Å². The second-order valence-corrected chi connectivity index (χ2v) is 6.19. The molecular weight excluding hydrogens is 238 g/mol. The van der Waals surface area contributed by atoms with Crippen LogP contribution in [0.15, 0.2) is 0 Å². The molecule has 1 unspecified atom stereocenters. The van der Waals surface area contributed by atoms with Gasteiger partial charge in [0.15, 0.2) is 0 Å². The number of rotatable bonds is 6. The molecule has 1 heterocycles. The molecule has 0 aromatic heterocycles. The van der Waals surface area contributed by atoms with Crippen LogP contribution in [-0.2, 0) is 4.79 Å². The Bertz CT molecular complexity index is 273. The predicted octanol–water partition coefficient (Wildman–Crippen LogP) is 1.69. The SMILES string of the molecule is CCCCN(C)C(C(=O)N1CCC(N)CC1)C(C)C. The van der Waals surface area contributed by atoms with Crippen LogP contribution in [0.2, 0.25) is 0 Å². The predicted molar refractivity (Wildman–Crippen MR) is 80.0 cm³/mol.